The molecule has 21 heavy (non-hydrogen) atoms. The Balaban J connectivity index is 5.11. The molecule has 0 aliphatic carbocycles. The number of carbonyl (C=O) groups is 2. The highest BCUT2D eigenvalue weighted by atomic mass is 19.4. The van der Waals surface area contributed by atoms with Gasteiger partial charge in [-0.2, -0.15) is 13.2 Å². The molecule has 1 N–H and O–H groups in total. The van der Waals surface area contributed by atoms with E-state index in [-0.39, 0.29) is 6.42 Å². The molecule has 0 radical (unpaired) electrons. The summed E-state index contributed by atoms with van der Waals surface area (Å²) in [5, 5.41) is 9.10. The molecule has 0 saturated carbocycles. The molecule has 0 heterocycles. The van der Waals surface area contributed by atoms with Crippen LogP contribution >= 0.6 is 0 Å². The molecule has 0 saturated heterocycles. The lowest BCUT2D eigenvalue weighted by Gasteiger charge is -2.27. The Hall–Kier alpha value is -1.53. The number of halogens is 3. The number of carboxylic acid groups (broad SMARTS) is 1. The van der Waals surface area contributed by atoms with Crippen LogP contribution in [0.3, 0.4) is 0 Å². The fraction of sp³-hybridized carbons (Fsp3) is 0.714. The van der Waals surface area contributed by atoms with Crippen LogP contribution in [0.5, 0.6) is 0 Å². The molecule has 4 nitrogen and oxygen atoms in total. The van der Waals surface area contributed by atoms with Crippen molar-refractivity contribution in [1.82, 2.24) is 0 Å². The van der Waals surface area contributed by atoms with Crippen molar-refractivity contribution in [2.24, 2.45) is 11.8 Å². The zero-order chi connectivity index (χ0) is 16.8. The van der Waals surface area contributed by atoms with Crippen molar-refractivity contribution in [1.29, 1.82) is 0 Å². The summed E-state index contributed by atoms with van der Waals surface area (Å²) in [7, 11) is 0. The van der Waals surface area contributed by atoms with E-state index in [1.54, 1.807) is 20.8 Å². The van der Waals surface area contributed by atoms with Crippen molar-refractivity contribution in [3.05, 3.63) is 12.7 Å². The smallest absolute Gasteiger partial charge is 0.389 e. The van der Waals surface area contributed by atoms with Crippen LogP contribution in [0.15, 0.2) is 12.7 Å². The lowest BCUT2D eigenvalue weighted by atomic mass is 9.85. The van der Waals surface area contributed by atoms with Crippen molar-refractivity contribution in [2.75, 3.05) is 0 Å². The summed E-state index contributed by atoms with van der Waals surface area (Å²) in [6.45, 7) is 8.20. The van der Waals surface area contributed by atoms with Gasteiger partial charge in [0.25, 0.3) is 0 Å². The Morgan fingerprint density at radius 2 is 1.76 bits per heavy atom. The van der Waals surface area contributed by atoms with Crippen molar-refractivity contribution in [2.45, 2.75) is 51.8 Å². The van der Waals surface area contributed by atoms with Crippen molar-refractivity contribution >= 4 is 11.9 Å². The number of carboxylic acids is 1. The highest BCUT2D eigenvalue weighted by Crippen LogP contribution is 2.30. The fourth-order valence-corrected chi connectivity index (χ4v) is 1.80. The quantitative estimate of drug-likeness (QED) is 0.577. The van der Waals surface area contributed by atoms with Crippen LogP contribution in [0.1, 0.15) is 40.0 Å². The van der Waals surface area contributed by atoms with Gasteiger partial charge in [-0.3, -0.25) is 9.59 Å². The molecule has 7 heteroatoms. The van der Waals surface area contributed by atoms with Crippen molar-refractivity contribution in [3.63, 3.8) is 0 Å². The Morgan fingerprint density at radius 3 is 2.10 bits per heavy atom. The number of ether oxygens (including phenoxy) is 1. The number of hydrogen-bond donors (Lipinski definition) is 1. The van der Waals surface area contributed by atoms with Crippen molar-refractivity contribution < 1.29 is 32.6 Å². The van der Waals surface area contributed by atoms with Crippen LogP contribution in [-0.2, 0) is 14.3 Å². The molecule has 0 spiro atoms. The minimum absolute atomic E-state index is 0.0518. The van der Waals surface area contributed by atoms with E-state index in [2.05, 4.69) is 6.58 Å². The summed E-state index contributed by atoms with van der Waals surface area (Å²) in [5.41, 5.74) is -0.844. The first-order chi connectivity index (χ1) is 9.37. The average Bonchev–Trinajstić information content (AvgIpc) is 2.23. The van der Waals surface area contributed by atoms with Crippen LogP contribution in [0.4, 0.5) is 13.2 Å². The van der Waals surface area contributed by atoms with E-state index < -0.39 is 48.4 Å². The summed E-state index contributed by atoms with van der Waals surface area (Å²) < 4.78 is 41.9. The maximum Gasteiger partial charge on any atom is 0.389 e. The van der Waals surface area contributed by atoms with Crippen LogP contribution in [-0.4, -0.2) is 28.8 Å². The first-order valence-corrected chi connectivity index (χ1v) is 6.50. The number of hydrogen-bond acceptors (Lipinski definition) is 3. The fourth-order valence-electron chi connectivity index (χ4n) is 1.80. The van der Waals surface area contributed by atoms with E-state index >= 15 is 0 Å². The van der Waals surface area contributed by atoms with Gasteiger partial charge in [-0.05, 0) is 33.6 Å². The average molecular weight is 310 g/mol. The predicted molar refractivity (Wildman–Crippen MR) is 70.6 cm³/mol. The second-order valence-corrected chi connectivity index (χ2v) is 5.76. The summed E-state index contributed by atoms with van der Waals surface area (Å²) in [5.74, 6) is -4.91. The number of alkyl halides is 3. The molecular formula is C14H21F3O4. The SMILES string of the molecule is C=CC[C@@H](C(=O)OC(C)(C)C)[C@@H](CCC(F)(F)F)C(=O)O. The summed E-state index contributed by atoms with van der Waals surface area (Å²) in [6.07, 6.45) is -5.15. The Labute approximate surface area is 122 Å². The largest absolute Gasteiger partial charge is 0.481 e. The van der Waals surface area contributed by atoms with Gasteiger partial charge in [-0.1, -0.05) is 6.08 Å². The molecule has 0 amide bonds. The minimum atomic E-state index is -4.47. The highest BCUT2D eigenvalue weighted by molar-refractivity contribution is 5.81. The molecule has 0 fully saturated rings. The molecule has 0 aliphatic rings. The van der Waals surface area contributed by atoms with E-state index in [1.165, 1.54) is 6.08 Å². The third-order valence-corrected chi connectivity index (χ3v) is 2.67. The molecule has 122 valence electrons. The molecule has 0 aliphatic heterocycles. The maximum absolute atomic E-state index is 12.3. The first-order valence-electron chi connectivity index (χ1n) is 6.50. The van der Waals surface area contributed by atoms with E-state index in [0.717, 1.165) is 0 Å². The predicted octanol–water partition coefficient (Wildman–Crippen LogP) is 3.56. The van der Waals surface area contributed by atoms with Gasteiger partial charge in [-0.25, -0.2) is 0 Å². The molecule has 0 rings (SSSR count). The number of esters is 1. The molecule has 0 aromatic rings. The summed E-state index contributed by atoms with van der Waals surface area (Å²) >= 11 is 0. The van der Waals surface area contributed by atoms with Gasteiger partial charge in [0.05, 0.1) is 11.8 Å². The second kappa shape index (κ2) is 7.47. The Bertz CT molecular complexity index is 383. The molecular weight excluding hydrogens is 289 g/mol. The normalized spacial score (nSPS) is 15.1. The van der Waals surface area contributed by atoms with Crippen LogP contribution in [0.2, 0.25) is 0 Å². The summed E-state index contributed by atoms with van der Waals surface area (Å²) in [6, 6.07) is 0. The molecule has 0 aromatic carbocycles. The monoisotopic (exact) mass is 310 g/mol. The molecule has 0 aromatic heterocycles. The van der Waals surface area contributed by atoms with E-state index in [9.17, 15) is 22.8 Å². The minimum Gasteiger partial charge on any atom is -0.481 e. The van der Waals surface area contributed by atoms with Crippen LogP contribution in [0, 0.1) is 11.8 Å². The molecule has 2 atom stereocenters. The van der Waals surface area contributed by atoms with Gasteiger partial charge in [0.2, 0.25) is 0 Å². The van der Waals surface area contributed by atoms with Crippen LogP contribution in [0.25, 0.3) is 0 Å². The highest BCUT2D eigenvalue weighted by Gasteiger charge is 2.38. The standard InChI is InChI=1S/C14H21F3O4/c1-5-6-10(12(20)21-13(2,3)4)9(11(18)19)7-8-14(15,16)17/h5,9-10H,1,6-8H2,2-4H3,(H,18,19)/t9-,10-/m1/s1. The zero-order valence-corrected chi connectivity index (χ0v) is 12.4. The topological polar surface area (TPSA) is 63.6 Å². The maximum atomic E-state index is 12.3. The Kier molecular flexibility index (Phi) is 6.93. The summed E-state index contributed by atoms with van der Waals surface area (Å²) in [4.78, 5) is 23.2. The first kappa shape index (κ1) is 19.5. The zero-order valence-electron chi connectivity index (χ0n) is 12.4. The molecule has 0 bridgehead atoms. The lowest BCUT2D eigenvalue weighted by Crippen LogP contribution is -2.36. The third-order valence-electron chi connectivity index (χ3n) is 2.67. The van der Waals surface area contributed by atoms with E-state index in [0.29, 0.717) is 0 Å². The van der Waals surface area contributed by atoms with Gasteiger partial charge in [0.1, 0.15) is 5.60 Å². The van der Waals surface area contributed by atoms with Gasteiger partial charge >= 0.3 is 18.1 Å². The lowest BCUT2D eigenvalue weighted by molar-refractivity contribution is -0.169. The number of carbonyl (C=O) groups excluding carboxylic acids is 1. The van der Waals surface area contributed by atoms with Gasteiger partial charge in [0, 0.05) is 6.42 Å². The van der Waals surface area contributed by atoms with Crippen molar-refractivity contribution in [3.8, 4) is 0 Å². The van der Waals surface area contributed by atoms with E-state index in [1.807, 2.05) is 0 Å². The number of allylic oxidation sites excluding steroid dienone is 1. The van der Waals surface area contributed by atoms with Gasteiger partial charge in [-0.15, -0.1) is 6.58 Å². The van der Waals surface area contributed by atoms with Crippen LogP contribution < -0.4 is 0 Å². The van der Waals surface area contributed by atoms with E-state index in [4.69, 9.17) is 9.84 Å². The van der Waals surface area contributed by atoms with Gasteiger partial charge < -0.3 is 9.84 Å². The Morgan fingerprint density at radius 1 is 1.24 bits per heavy atom. The number of aliphatic carboxylic acids is 1. The third kappa shape index (κ3) is 8.37. The van der Waals surface area contributed by atoms with Gasteiger partial charge in [0.15, 0.2) is 0 Å². The molecule has 0 unspecified atom stereocenters. The second-order valence-electron chi connectivity index (χ2n) is 5.76. The number of rotatable bonds is 7.